The molecule has 3 N–H and O–H groups in total. The van der Waals surface area contributed by atoms with Gasteiger partial charge in [0.1, 0.15) is 0 Å². The Morgan fingerprint density at radius 1 is 1.26 bits per heavy atom. The maximum absolute atomic E-state index is 11.4. The Bertz CT molecular complexity index is 457. The summed E-state index contributed by atoms with van der Waals surface area (Å²) in [5.74, 6) is 0.855. The van der Waals surface area contributed by atoms with Crippen LogP contribution in [-0.4, -0.2) is 29.9 Å². The number of hydrogen-bond donors (Lipinski definition) is 2. The van der Waals surface area contributed by atoms with Gasteiger partial charge >= 0.3 is 0 Å². The van der Waals surface area contributed by atoms with Gasteiger partial charge in [-0.15, -0.1) is 0 Å². The van der Waals surface area contributed by atoms with Gasteiger partial charge in [-0.2, -0.15) is 0 Å². The van der Waals surface area contributed by atoms with Crippen molar-refractivity contribution < 1.29 is 4.79 Å². The lowest BCUT2D eigenvalue weighted by atomic mass is 9.85. The molecule has 2 aliphatic heterocycles. The van der Waals surface area contributed by atoms with E-state index in [0.29, 0.717) is 18.4 Å². The second-order valence-corrected chi connectivity index (χ2v) is 5.74. The Morgan fingerprint density at radius 3 is 2.84 bits per heavy atom. The highest BCUT2D eigenvalue weighted by Gasteiger charge is 2.33. The first-order valence-electron chi connectivity index (χ1n) is 7.07. The molecule has 102 valence electrons. The summed E-state index contributed by atoms with van der Waals surface area (Å²) < 4.78 is 0. The highest BCUT2D eigenvalue weighted by molar-refractivity contribution is 5.77. The molecule has 0 spiro atoms. The van der Waals surface area contributed by atoms with Gasteiger partial charge in [0.15, 0.2) is 0 Å². The van der Waals surface area contributed by atoms with Gasteiger partial charge in [-0.3, -0.25) is 9.69 Å². The number of nitrogens with two attached hydrogens (primary N) is 1. The molecule has 1 aromatic carbocycles. The van der Waals surface area contributed by atoms with Crippen molar-refractivity contribution in [2.75, 3.05) is 18.8 Å². The van der Waals surface area contributed by atoms with Crippen LogP contribution in [0.2, 0.25) is 0 Å². The van der Waals surface area contributed by atoms with Crippen LogP contribution in [0.4, 0.5) is 5.69 Å². The predicted octanol–water partition coefficient (Wildman–Crippen LogP) is 1.37. The minimum atomic E-state index is 0.230. The molecule has 1 aromatic rings. The first-order valence-corrected chi connectivity index (χ1v) is 7.07. The topological polar surface area (TPSA) is 58.4 Å². The normalized spacial score (nSPS) is 27.7. The van der Waals surface area contributed by atoms with Crippen molar-refractivity contribution in [1.82, 2.24) is 10.2 Å². The molecule has 2 heterocycles. The summed E-state index contributed by atoms with van der Waals surface area (Å²) in [7, 11) is 0. The molecule has 0 bridgehead atoms. The van der Waals surface area contributed by atoms with Crippen molar-refractivity contribution in [3.8, 4) is 0 Å². The average Bonchev–Trinajstić information content (AvgIpc) is 2.42. The van der Waals surface area contributed by atoms with Gasteiger partial charge in [-0.1, -0.05) is 12.1 Å². The molecule has 0 aromatic heterocycles. The van der Waals surface area contributed by atoms with E-state index in [1.54, 1.807) is 0 Å². The zero-order chi connectivity index (χ0) is 13.2. The first-order chi connectivity index (χ1) is 9.20. The second-order valence-electron chi connectivity index (χ2n) is 5.74. The summed E-state index contributed by atoms with van der Waals surface area (Å²) in [4.78, 5) is 13.9. The van der Waals surface area contributed by atoms with Crippen LogP contribution in [0, 0.1) is 5.92 Å². The number of nitrogens with zero attached hydrogens (tertiary/aromatic N) is 1. The maximum Gasteiger partial charge on any atom is 0.220 e. The van der Waals surface area contributed by atoms with Crippen LogP contribution in [0.25, 0.3) is 0 Å². The number of carbonyl (C=O) groups excluding carboxylic acids is 1. The summed E-state index contributed by atoms with van der Waals surface area (Å²) in [6, 6.07) is 8.53. The number of carbonyl (C=O) groups is 1. The largest absolute Gasteiger partial charge is 0.399 e. The first kappa shape index (κ1) is 12.5. The van der Waals surface area contributed by atoms with Gasteiger partial charge in [-0.25, -0.2) is 0 Å². The number of nitrogens with one attached hydrogen (secondary N) is 1. The molecule has 1 amide bonds. The van der Waals surface area contributed by atoms with E-state index >= 15 is 0 Å². The molecule has 4 nitrogen and oxygen atoms in total. The second kappa shape index (κ2) is 5.21. The van der Waals surface area contributed by atoms with Crippen molar-refractivity contribution in [2.45, 2.75) is 31.8 Å². The Labute approximate surface area is 114 Å². The van der Waals surface area contributed by atoms with Gasteiger partial charge in [0.25, 0.3) is 0 Å². The third-order valence-corrected chi connectivity index (χ3v) is 4.29. The third kappa shape index (κ3) is 2.89. The third-order valence-electron chi connectivity index (χ3n) is 4.29. The highest BCUT2D eigenvalue weighted by atomic mass is 16.1. The molecule has 2 aliphatic rings. The fourth-order valence-corrected chi connectivity index (χ4v) is 3.21. The summed E-state index contributed by atoms with van der Waals surface area (Å²) in [6.45, 7) is 3.14. The molecule has 0 radical (unpaired) electrons. The number of anilines is 1. The summed E-state index contributed by atoms with van der Waals surface area (Å²) in [5.41, 5.74) is 7.84. The zero-order valence-corrected chi connectivity index (χ0v) is 11.1. The average molecular weight is 259 g/mol. The molecule has 19 heavy (non-hydrogen) atoms. The highest BCUT2D eigenvalue weighted by Crippen LogP contribution is 2.26. The van der Waals surface area contributed by atoms with E-state index in [2.05, 4.69) is 22.3 Å². The van der Waals surface area contributed by atoms with Crippen LogP contribution in [0.1, 0.15) is 24.8 Å². The van der Waals surface area contributed by atoms with E-state index in [-0.39, 0.29) is 5.91 Å². The summed E-state index contributed by atoms with van der Waals surface area (Å²) in [6.07, 6.45) is 2.80. The fraction of sp³-hybridized carbons (Fsp3) is 0.533. The standard InChI is InChI=1S/C15H21N3O/c16-13-4-1-11(2-5-13)9-18-8-7-14-12(10-18)3-6-15(19)17-14/h1-2,4-5,12,14H,3,6-10,16H2,(H,17,19). The number of piperidine rings is 2. The van der Waals surface area contributed by atoms with E-state index in [9.17, 15) is 4.79 Å². The number of nitrogen functional groups attached to an aromatic ring is 1. The number of likely N-dealkylation sites (tertiary alicyclic amines) is 1. The quantitative estimate of drug-likeness (QED) is 0.789. The molecule has 2 unspecified atom stereocenters. The van der Waals surface area contributed by atoms with Crippen LogP contribution in [0.3, 0.4) is 0 Å². The lowest BCUT2D eigenvalue weighted by Gasteiger charge is -2.41. The number of rotatable bonds is 2. The number of benzene rings is 1. The summed E-state index contributed by atoms with van der Waals surface area (Å²) in [5, 5.41) is 3.13. The number of hydrogen-bond acceptors (Lipinski definition) is 3. The molecule has 2 fully saturated rings. The minimum Gasteiger partial charge on any atom is -0.399 e. The van der Waals surface area contributed by atoms with Crippen LogP contribution >= 0.6 is 0 Å². The van der Waals surface area contributed by atoms with Crippen LogP contribution in [0.15, 0.2) is 24.3 Å². The SMILES string of the molecule is Nc1ccc(CN2CCC3NC(=O)CCC3C2)cc1. The monoisotopic (exact) mass is 259 g/mol. The van der Waals surface area contributed by atoms with Crippen molar-refractivity contribution in [2.24, 2.45) is 5.92 Å². The molecule has 4 heteroatoms. The van der Waals surface area contributed by atoms with Crippen LogP contribution in [-0.2, 0) is 11.3 Å². The van der Waals surface area contributed by atoms with E-state index in [1.165, 1.54) is 5.56 Å². The van der Waals surface area contributed by atoms with Crippen molar-refractivity contribution >= 4 is 11.6 Å². The Kier molecular flexibility index (Phi) is 3.42. The molecule has 2 saturated heterocycles. The van der Waals surface area contributed by atoms with Crippen LogP contribution < -0.4 is 11.1 Å². The van der Waals surface area contributed by atoms with Gasteiger partial charge in [0.2, 0.25) is 5.91 Å². The molecule has 0 aliphatic carbocycles. The van der Waals surface area contributed by atoms with Crippen molar-refractivity contribution in [3.63, 3.8) is 0 Å². The maximum atomic E-state index is 11.4. The Morgan fingerprint density at radius 2 is 2.05 bits per heavy atom. The number of fused-ring (bicyclic) bond motifs is 1. The molecular formula is C15H21N3O. The summed E-state index contributed by atoms with van der Waals surface area (Å²) >= 11 is 0. The minimum absolute atomic E-state index is 0.230. The van der Waals surface area contributed by atoms with Gasteiger partial charge < -0.3 is 11.1 Å². The Balaban J connectivity index is 1.59. The van der Waals surface area contributed by atoms with Crippen molar-refractivity contribution in [3.05, 3.63) is 29.8 Å². The van der Waals surface area contributed by atoms with Gasteiger partial charge in [0.05, 0.1) is 0 Å². The van der Waals surface area contributed by atoms with Gasteiger partial charge in [0, 0.05) is 37.8 Å². The Hall–Kier alpha value is -1.55. The fourth-order valence-electron chi connectivity index (χ4n) is 3.21. The van der Waals surface area contributed by atoms with Gasteiger partial charge in [-0.05, 0) is 36.5 Å². The van der Waals surface area contributed by atoms with E-state index in [0.717, 1.165) is 38.2 Å². The lowest BCUT2D eigenvalue weighted by molar-refractivity contribution is -0.125. The molecule has 0 saturated carbocycles. The zero-order valence-electron chi connectivity index (χ0n) is 11.1. The molecular weight excluding hydrogens is 238 g/mol. The lowest BCUT2D eigenvalue weighted by Crippen LogP contribution is -2.53. The van der Waals surface area contributed by atoms with Crippen molar-refractivity contribution in [1.29, 1.82) is 0 Å². The van der Waals surface area contributed by atoms with Crippen LogP contribution in [0.5, 0.6) is 0 Å². The van der Waals surface area contributed by atoms with E-state index < -0.39 is 0 Å². The molecule has 3 rings (SSSR count). The smallest absolute Gasteiger partial charge is 0.220 e. The molecule has 2 atom stereocenters. The predicted molar refractivity (Wildman–Crippen MR) is 75.4 cm³/mol. The van der Waals surface area contributed by atoms with E-state index in [4.69, 9.17) is 5.73 Å². The van der Waals surface area contributed by atoms with E-state index in [1.807, 2.05) is 12.1 Å². The number of amides is 1.